The second-order valence-electron chi connectivity index (χ2n) is 5.08. The maximum absolute atomic E-state index is 4.53. The fourth-order valence-electron chi connectivity index (χ4n) is 2.26. The molecule has 3 rings (SSSR count). The van der Waals surface area contributed by atoms with Crippen LogP contribution in [0.3, 0.4) is 0 Å². The quantitative estimate of drug-likeness (QED) is 0.795. The van der Waals surface area contributed by atoms with Crippen LogP contribution in [0.4, 0.5) is 5.95 Å². The molecule has 0 amide bonds. The van der Waals surface area contributed by atoms with Crippen molar-refractivity contribution in [2.45, 2.75) is 13.3 Å². The van der Waals surface area contributed by atoms with Gasteiger partial charge in [0.15, 0.2) is 0 Å². The van der Waals surface area contributed by atoms with Gasteiger partial charge >= 0.3 is 0 Å². The zero-order valence-corrected chi connectivity index (χ0v) is 12.5. The summed E-state index contributed by atoms with van der Waals surface area (Å²) in [5.74, 6) is 0.647. The highest BCUT2D eigenvalue weighted by Gasteiger charge is 2.07. The number of aromatic nitrogens is 4. The van der Waals surface area contributed by atoms with Crippen LogP contribution in [0.2, 0.25) is 0 Å². The molecule has 0 unspecified atom stereocenters. The van der Waals surface area contributed by atoms with E-state index >= 15 is 0 Å². The molecule has 1 aliphatic heterocycles. The molecule has 114 valence electrons. The molecule has 2 aromatic heterocycles. The number of anilines is 1. The summed E-state index contributed by atoms with van der Waals surface area (Å²) in [4.78, 5) is 15.1. The Labute approximate surface area is 129 Å². The normalized spacial score (nSPS) is 13.6. The third-order valence-corrected chi connectivity index (χ3v) is 3.45. The van der Waals surface area contributed by atoms with Crippen LogP contribution in [0.5, 0.6) is 0 Å². The standard InChI is InChI=1S/C15H19N7/c1-12-13(11-19-21-12)14-3-5-18-15(20-14)17-4-2-8-22-9-6-16-7-10-22/h3,5-7,9,11H,2,4,8,10H2,1H3,(H,19,21)(H,17,18,20). The van der Waals surface area contributed by atoms with Crippen LogP contribution in [0.15, 0.2) is 35.9 Å². The van der Waals surface area contributed by atoms with Crippen molar-refractivity contribution in [3.05, 3.63) is 36.6 Å². The maximum atomic E-state index is 4.53. The number of hydrogen-bond acceptors (Lipinski definition) is 6. The number of aliphatic imine (C=N–C) groups is 1. The summed E-state index contributed by atoms with van der Waals surface area (Å²) in [7, 11) is 0. The molecule has 7 heteroatoms. The van der Waals surface area contributed by atoms with Gasteiger partial charge in [0.25, 0.3) is 0 Å². The topological polar surface area (TPSA) is 82.1 Å². The molecule has 3 heterocycles. The summed E-state index contributed by atoms with van der Waals surface area (Å²) in [6.07, 6.45) is 10.3. The molecule has 0 aromatic carbocycles. The zero-order chi connectivity index (χ0) is 15.2. The van der Waals surface area contributed by atoms with Crippen LogP contribution in [0, 0.1) is 6.92 Å². The Morgan fingerprint density at radius 1 is 1.41 bits per heavy atom. The smallest absolute Gasteiger partial charge is 0.223 e. The van der Waals surface area contributed by atoms with Crippen LogP contribution >= 0.6 is 0 Å². The van der Waals surface area contributed by atoms with Gasteiger partial charge in [0.2, 0.25) is 5.95 Å². The SMILES string of the molecule is Cc1[nH]ncc1-c1ccnc(NCCCN2C=CN=CC2)n1. The number of nitrogens with zero attached hydrogens (tertiary/aromatic N) is 5. The van der Waals surface area contributed by atoms with Crippen molar-refractivity contribution >= 4 is 12.2 Å². The number of H-pyrrole nitrogens is 1. The molecule has 0 bridgehead atoms. The summed E-state index contributed by atoms with van der Waals surface area (Å²) in [5.41, 5.74) is 2.88. The first-order chi connectivity index (χ1) is 10.8. The molecular weight excluding hydrogens is 278 g/mol. The highest BCUT2D eigenvalue weighted by Crippen LogP contribution is 2.19. The Hall–Kier alpha value is -2.70. The van der Waals surface area contributed by atoms with E-state index in [9.17, 15) is 0 Å². The number of nitrogens with one attached hydrogen (secondary N) is 2. The van der Waals surface area contributed by atoms with Crippen molar-refractivity contribution < 1.29 is 0 Å². The van der Waals surface area contributed by atoms with Crippen LogP contribution in [-0.4, -0.2) is 50.9 Å². The van der Waals surface area contributed by atoms with E-state index in [1.165, 1.54) is 0 Å². The van der Waals surface area contributed by atoms with Gasteiger partial charge in [0.1, 0.15) is 0 Å². The molecule has 0 saturated carbocycles. The highest BCUT2D eigenvalue weighted by atomic mass is 15.1. The molecule has 1 aliphatic rings. The molecule has 0 atom stereocenters. The van der Waals surface area contributed by atoms with Crippen LogP contribution in [-0.2, 0) is 0 Å². The van der Waals surface area contributed by atoms with E-state index in [1.54, 1.807) is 12.4 Å². The Morgan fingerprint density at radius 3 is 3.14 bits per heavy atom. The zero-order valence-electron chi connectivity index (χ0n) is 12.5. The van der Waals surface area contributed by atoms with Crippen molar-refractivity contribution in [1.82, 2.24) is 25.1 Å². The molecule has 0 saturated heterocycles. The Balaban J connectivity index is 1.52. The number of hydrogen-bond donors (Lipinski definition) is 2. The third kappa shape index (κ3) is 3.49. The van der Waals surface area contributed by atoms with E-state index in [0.29, 0.717) is 5.95 Å². The van der Waals surface area contributed by atoms with E-state index in [4.69, 9.17) is 0 Å². The first kappa shape index (κ1) is 14.2. The van der Waals surface area contributed by atoms with E-state index in [1.807, 2.05) is 31.6 Å². The van der Waals surface area contributed by atoms with E-state index < -0.39 is 0 Å². The first-order valence-electron chi connectivity index (χ1n) is 7.32. The average Bonchev–Trinajstić information content (AvgIpc) is 2.99. The van der Waals surface area contributed by atoms with E-state index in [0.717, 1.165) is 43.0 Å². The van der Waals surface area contributed by atoms with Crippen molar-refractivity contribution in [2.24, 2.45) is 4.99 Å². The van der Waals surface area contributed by atoms with Crippen LogP contribution in [0.25, 0.3) is 11.3 Å². The lowest BCUT2D eigenvalue weighted by molar-refractivity contribution is 0.420. The van der Waals surface area contributed by atoms with E-state index in [2.05, 4.69) is 35.4 Å². The van der Waals surface area contributed by atoms with Crippen LogP contribution in [0.1, 0.15) is 12.1 Å². The lowest BCUT2D eigenvalue weighted by Crippen LogP contribution is -2.24. The fraction of sp³-hybridized carbons (Fsp3) is 0.333. The summed E-state index contributed by atoms with van der Waals surface area (Å²) in [6.45, 7) is 4.67. The second-order valence-corrected chi connectivity index (χ2v) is 5.08. The van der Waals surface area contributed by atoms with Crippen molar-refractivity contribution in [2.75, 3.05) is 25.0 Å². The van der Waals surface area contributed by atoms with Crippen molar-refractivity contribution in [3.8, 4) is 11.3 Å². The summed E-state index contributed by atoms with van der Waals surface area (Å²) < 4.78 is 0. The van der Waals surface area contributed by atoms with Gasteiger partial charge in [-0.1, -0.05) is 0 Å². The number of aryl methyl sites for hydroxylation is 1. The minimum Gasteiger partial charge on any atom is -0.371 e. The van der Waals surface area contributed by atoms with Gasteiger partial charge in [-0.05, 0) is 19.4 Å². The fourth-order valence-corrected chi connectivity index (χ4v) is 2.26. The van der Waals surface area contributed by atoms with Crippen molar-refractivity contribution in [3.63, 3.8) is 0 Å². The van der Waals surface area contributed by atoms with Gasteiger partial charge in [-0.2, -0.15) is 5.10 Å². The van der Waals surface area contributed by atoms with Gasteiger partial charge in [0.05, 0.1) is 18.4 Å². The lowest BCUT2D eigenvalue weighted by atomic mass is 10.2. The van der Waals surface area contributed by atoms with Gasteiger partial charge in [-0.15, -0.1) is 0 Å². The Bertz CT molecular complexity index is 674. The van der Waals surface area contributed by atoms with Crippen LogP contribution < -0.4 is 5.32 Å². The molecule has 2 N–H and O–H groups in total. The highest BCUT2D eigenvalue weighted by molar-refractivity contribution is 5.62. The maximum Gasteiger partial charge on any atom is 0.223 e. The number of rotatable bonds is 6. The third-order valence-electron chi connectivity index (χ3n) is 3.45. The first-order valence-corrected chi connectivity index (χ1v) is 7.32. The minimum absolute atomic E-state index is 0.647. The average molecular weight is 297 g/mol. The molecule has 2 aromatic rings. The monoisotopic (exact) mass is 297 g/mol. The second kappa shape index (κ2) is 6.84. The predicted molar refractivity (Wildman–Crippen MR) is 86.7 cm³/mol. The van der Waals surface area contributed by atoms with Gasteiger partial charge in [-0.25, -0.2) is 9.97 Å². The molecule has 0 fully saturated rings. The Morgan fingerprint density at radius 2 is 2.36 bits per heavy atom. The van der Waals surface area contributed by atoms with Gasteiger partial charge in [-0.3, -0.25) is 10.1 Å². The predicted octanol–water partition coefficient (Wildman–Crippen LogP) is 1.83. The van der Waals surface area contributed by atoms with Gasteiger partial charge < -0.3 is 10.2 Å². The molecule has 0 radical (unpaired) electrons. The molecule has 7 nitrogen and oxygen atoms in total. The number of aromatic amines is 1. The minimum atomic E-state index is 0.647. The molecule has 0 spiro atoms. The lowest BCUT2D eigenvalue weighted by Gasteiger charge is -2.19. The summed E-state index contributed by atoms with van der Waals surface area (Å²) in [5, 5.41) is 10.2. The molecule has 22 heavy (non-hydrogen) atoms. The summed E-state index contributed by atoms with van der Waals surface area (Å²) in [6, 6.07) is 1.89. The summed E-state index contributed by atoms with van der Waals surface area (Å²) >= 11 is 0. The largest absolute Gasteiger partial charge is 0.371 e. The van der Waals surface area contributed by atoms with Gasteiger partial charge in [0, 0.05) is 49.2 Å². The Kier molecular flexibility index (Phi) is 4.43. The molecular formula is C15H19N7. The van der Waals surface area contributed by atoms with Crippen molar-refractivity contribution in [1.29, 1.82) is 0 Å². The van der Waals surface area contributed by atoms with E-state index in [-0.39, 0.29) is 0 Å². The molecule has 0 aliphatic carbocycles.